The van der Waals surface area contributed by atoms with Gasteiger partial charge in [-0.2, -0.15) is 0 Å². The van der Waals surface area contributed by atoms with Gasteiger partial charge in [-0.25, -0.2) is 9.36 Å². The van der Waals surface area contributed by atoms with E-state index in [0.717, 1.165) is 11.1 Å². The van der Waals surface area contributed by atoms with Gasteiger partial charge < -0.3 is 33.8 Å². The van der Waals surface area contributed by atoms with Crippen molar-refractivity contribution in [1.29, 1.82) is 0 Å². The molecular weight excluding hydrogens is 443 g/mol. The van der Waals surface area contributed by atoms with Crippen molar-refractivity contribution in [3.63, 3.8) is 0 Å². The first kappa shape index (κ1) is 22.9. The first-order valence-corrected chi connectivity index (χ1v) is 12.6. The number of hydrogen-bond donors (Lipinski definition) is 3. The number of ether oxygens (including phenoxy) is 4. The SMILES string of the molecule is CC(C)C1[C@@H](O)[C@@H]2O[C@@]23[C@@]2(C)CCC4=C(COC4=O)[C@@H]2CO[C@]3(C)[C@@H]1OCOP(=O)(O)O. The quantitative estimate of drug-likeness (QED) is 0.231. The fourth-order valence-corrected chi connectivity index (χ4v) is 7.39. The second kappa shape index (κ2) is 7.09. The Labute approximate surface area is 186 Å². The van der Waals surface area contributed by atoms with E-state index in [-0.39, 0.29) is 24.4 Å². The van der Waals surface area contributed by atoms with Crippen LogP contribution in [0.3, 0.4) is 0 Å². The zero-order valence-electron chi connectivity index (χ0n) is 18.6. The molecule has 2 aliphatic carbocycles. The van der Waals surface area contributed by atoms with Gasteiger partial charge in [0.2, 0.25) is 0 Å². The molecule has 11 heteroatoms. The van der Waals surface area contributed by atoms with E-state index >= 15 is 0 Å². The minimum Gasteiger partial charge on any atom is -0.458 e. The van der Waals surface area contributed by atoms with Crippen LogP contribution in [-0.4, -0.2) is 70.4 Å². The van der Waals surface area contributed by atoms with Crippen LogP contribution in [-0.2, 0) is 32.8 Å². The van der Waals surface area contributed by atoms with E-state index in [2.05, 4.69) is 11.4 Å². The second-order valence-electron chi connectivity index (χ2n) is 10.4. The van der Waals surface area contributed by atoms with E-state index in [4.69, 9.17) is 28.7 Å². The van der Waals surface area contributed by atoms with Crippen molar-refractivity contribution >= 4 is 13.8 Å². The highest BCUT2D eigenvalue weighted by atomic mass is 31.2. The Kier molecular flexibility index (Phi) is 5.08. The number of esters is 1. The molecule has 1 saturated carbocycles. The molecule has 3 fully saturated rings. The molecule has 3 N–H and O–H groups in total. The molecule has 0 radical (unpaired) electrons. The Balaban J connectivity index is 1.54. The number of carbonyl (C=O) groups excluding carboxylic acids is 1. The molecule has 1 unspecified atom stereocenters. The number of phosphoric ester groups is 1. The van der Waals surface area contributed by atoms with Gasteiger partial charge in [-0.05, 0) is 31.3 Å². The van der Waals surface area contributed by atoms with Crippen LogP contribution in [0.15, 0.2) is 11.1 Å². The smallest absolute Gasteiger partial charge is 0.458 e. The van der Waals surface area contributed by atoms with Crippen LogP contribution in [0.1, 0.15) is 40.5 Å². The number of rotatable bonds is 5. The lowest BCUT2D eigenvalue weighted by atomic mass is 9.48. The standard InChI is InChI=1S/C21H31O10P/c1-10(2)14-15(22)17-21(31-17)19(3)6-5-11-12(7-27-18(11)23)13(19)8-29-20(21,4)16(14)28-9-30-32(24,25)26/h10,13-17,22H,5-9H2,1-4H3,(H2,24,25,26)/t13-,14?,15+,16+,17-,19-,20+,21+/m0/s1. The van der Waals surface area contributed by atoms with E-state index in [1.807, 2.05) is 20.8 Å². The lowest BCUT2D eigenvalue weighted by molar-refractivity contribution is -0.283. The predicted molar refractivity (Wildman–Crippen MR) is 108 cm³/mol. The predicted octanol–water partition coefficient (Wildman–Crippen LogP) is 1.28. The number of epoxide rings is 1. The molecule has 8 atom stereocenters. The molecule has 1 spiro atoms. The Morgan fingerprint density at radius 3 is 2.66 bits per heavy atom. The van der Waals surface area contributed by atoms with Crippen LogP contribution >= 0.6 is 7.82 Å². The minimum absolute atomic E-state index is 0.0141. The molecule has 2 saturated heterocycles. The summed E-state index contributed by atoms with van der Waals surface area (Å²) in [5.41, 5.74) is -0.613. The summed E-state index contributed by atoms with van der Waals surface area (Å²) in [4.78, 5) is 30.3. The van der Waals surface area contributed by atoms with Crippen LogP contribution in [0.5, 0.6) is 0 Å². The Morgan fingerprint density at radius 1 is 1.28 bits per heavy atom. The molecule has 0 bridgehead atoms. The highest BCUT2D eigenvalue weighted by Crippen LogP contribution is 2.72. The van der Waals surface area contributed by atoms with Crippen molar-refractivity contribution in [3.05, 3.63) is 11.1 Å². The maximum Gasteiger partial charge on any atom is 0.471 e. The fraction of sp³-hybridized carbons (Fsp3) is 0.857. The average molecular weight is 474 g/mol. The molecular formula is C21H31O10P. The number of phosphoric acid groups is 1. The summed E-state index contributed by atoms with van der Waals surface area (Å²) in [6.07, 6.45) is -0.788. The van der Waals surface area contributed by atoms with Crippen molar-refractivity contribution in [1.82, 2.24) is 0 Å². The van der Waals surface area contributed by atoms with Gasteiger partial charge in [-0.3, -0.25) is 4.52 Å². The summed E-state index contributed by atoms with van der Waals surface area (Å²) in [6, 6.07) is 0. The van der Waals surface area contributed by atoms with E-state index in [0.29, 0.717) is 19.4 Å². The molecule has 3 heterocycles. The Morgan fingerprint density at radius 2 is 2.00 bits per heavy atom. The van der Waals surface area contributed by atoms with Gasteiger partial charge in [0.05, 0.1) is 18.8 Å². The summed E-state index contributed by atoms with van der Waals surface area (Å²) in [7, 11) is -4.72. The average Bonchev–Trinajstić information content (AvgIpc) is 3.37. The van der Waals surface area contributed by atoms with Crippen molar-refractivity contribution in [2.24, 2.45) is 23.2 Å². The number of aliphatic hydroxyl groups excluding tert-OH is 1. The third-order valence-electron chi connectivity index (χ3n) is 8.70. The number of hydrogen-bond acceptors (Lipinski definition) is 8. The van der Waals surface area contributed by atoms with E-state index in [9.17, 15) is 14.5 Å². The number of aliphatic hydroxyl groups is 1. The maximum atomic E-state index is 12.2. The molecule has 180 valence electrons. The largest absolute Gasteiger partial charge is 0.471 e. The van der Waals surface area contributed by atoms with Crippen LogP contribution in [0.25, 0.3) is 0 Å². The molecule has 5 aliphatic rings. The molecule has 32 heavy (non-hydrogen) atoms. The van der Waals surface area contributed by atoms with Crippen molar-refractivity contribution in [3.8, 4) is 0 Å². The first-order valence-electron chi connectivity index (χ1n) is 11.1. The Hall–Kier alpha value is -0.840. The lowest BCUT2D eigenvalue weighted by Crippen LogP contribution is -2.75. The summed E-state index contributed by atoms with van der Waals surface area (Å²) in [5, 5.41) is 11.3. The zero-order chi connectivity index (χ0) is 23.3. The summed E-state index contributed by atoms with van der Waals surface area (Å²) in [6.45, 7) is 7.89. The van der Waals surface area contributed by atoms with Gasteiger partial charge in [0.15, 0.2) is 6.79 Å². The number of cyclic esters (lactones) is 1. The van der Waals surface area contributed by atoms with Gasteiger partial charge in [0.1, 0.15) is 23.9 Å². The molecule has 0 aromatic carbocycles. The number of fused-ring (bicyclic) bond motifs is 2. The van der Waals surface area contributed by atoms with Gasteiger partial charge >= 0.3 is 13.8 Å². The molecule has 3 aliphatic heterocycles. The zero-order valence-corrected chi connectivity index (χ0v) is 19.5. The minimum atomic E-state index is -4.72. The van der Waals surface area contributed by atoms with Crippen LogP contribution in [0.4, 0.5) is 0 Å². The molecule has 0 aromatic heterocycles. The highest BCUT2D eigenvalue weighted by Gasteiger charge is 2.86. The van der Waals surface area contributed by atoms with E-state index in [1.54, 1.807) is 0 Å². The normalized spacial score (nSPS) is 47.5. The van der Waals surface area contributed by atoms with Crippen LogP contribution < -0.4 is 0 Å². The lowest BCUT2D eigenvalue weighted by Gasteiger charge is -2.61. The maximum absolute atomic E-state index is 12.2. The monoisotopic (exact) mass is 474 g/mol. The van der Waals surface area contributed by atoms with Crippen LogP contribution in [0.2, 0.25) is 0 Å². The first-order chi connectivity index (χ1) is 14.9. The van der Waals surface area contributed by atoms with Crippen molar-refractivity contribution < 1.29 is 47.7 Å². The summed E-state index contributed by atoms with van der Waals surface area (Å²) >= 11 is 0. The molecule has 0 aromatic rings. The highest BCUT2D eigenvalue weighted by molar-refractivity contribution is 7.46. The van der Waals surface area contributed by atoms with Crippen molar-refractivity contribution in [2.75, 3.05) is 20.0 Å². The topological polar surface area (TPSA) is 144 Å². The van der Waals surface area contributed by atoms with Crippen LogP contribution in [0, 0.1) is 23.2 Å². The summed E-state index contributed by atoms with van der Waals surface area (Å²) in [5.74, 6) is -0.762. The van der Waals surface area contributed by atoms with Gasteiger partial charge in [-0.1, -0.05) is 20.8 Å². The summed E-state index contributed by atoms with van der Waals surface area (Å²) < 4.78 is 39.9. The third-order valence-corrected chi connectivity index (χ3v) is 9.15. The Bertz CT molecular complexity index is 912. The molecule has 0 amide bonds. The van der Waals surface area contributed by atoms with Gasteiger partial charge in [0, 0.05) is 22.8 Å². The molecule has 5 rings (SSSR count). The van der Waals surface area contributed by atoms with Gasteiger partial charge in [0.25, 0.3) is 0 Å². The number of carbonyl (C=O) groups is 1. The van der Waals surface area contributed by atoms with Crippen molar-refractivity contribution in [2.45, 2.75) is 70.1 Å². The fourth-order valence-electron chi connectivity index (χ4n) is 7.19. The van der Waals surface area contributed by atoms with Gasteiger partial charge in [-0.15, -0.1) is 0 Å². The van der Waals surface area contributed by atoms with E-state index < -0.39 is 55.5 Å². The van der Waals surface area contributed by atoms with E-state index in [1.165, 1.54) is 0 Å². The third kappa shape index (κ3) is 2.84. The second-order valence-corrected chi connectivity index (χ2v) is 11.6. The molecule has 10 nitrogen and oxygen atoms in total.